The molecule has 0 aliphatic heterocycles. The number of rotatable bonds is 5. The summed E-state index contributed by atoms with van der Waals surface area (Å²) in [5, 5.41) is 20.5. The molecule has 22 heavy (non-hydrogen) atoms. The quantitative estimate of drug-likeness (QED) is 0.410. The Morgan fingerprint density at radius 2 is 2.05 bits per heavy atom. The van der Waals surface area contributed by atoms with E-state index in [1.165, 1.54) is 23.5 Å². The third kappa shape index (κ3) is 2.63. The highest BCUT2D eigenvalue weighted by atomic mass is 32.1. The minimum absolute atomic E-state index is 0.0365. The average Bonchev–Trinajstić information content (AvgIpc) is 3.16. The van der Waals surface area contributed by atoms with E-state index in [-0.39, 0.29) is 11.4 Å². The summed E-state index contributed by atoms with van der Waals surface area (Å²) in [5.74, 6) is 0. The fourth-order valence-electron chi connectivity index (χ4n) is 2.08. The zero-order valence-electron chi connectivity index (χ0n) is 11.2. The molecule has 0 bridgehead atoms. The highest BCUT2D eigenvalue weighted by molar-refractivity contribution is 7.13. The van der Waals surface area contributed by atoms with Crippen molar-refractivity contribution in [3.63, 3.8) is 0 Å². The van der Waals surface area contributed by atoms with Crippen molar-refractivity contribution in [3.05, 3.63) is 63.1 Å². The lowest BCUT2D eigenvalue weighted by Crippen LogP contribution is -2.04. The van der Waals surface area contributed by atoms with E-state index < -0.39 is 4.92 Å². The second-order valence-corrected chi connectivity index (χ2v) is 5.45. The number of carbonyl (C=O) groups excluding carboxylic acids is 1. The number of nitrogens with zero attached hydrogens (tertiary/aromatic N) is 4. The van der Waals surface area contributed by atoms with E-state index in [0.717, 1.165) is 10.4 Å². The molecule has 2 heterocycles. The molecule has 0 unspecified atom stereocenters. The standard InChI is InChI=1S/C14H10N4O3S/c19-9-12-14(13-2-1-7-22-13)17(16-15-12)8-10-3-5-11(6-4-10)18(20)21/h1-7,9H,8H2. The number of carbonyl (C=O) groups is 1. The first-order valence-corrected chi connectivity index (χ1v) is 7.23. The van der Waals surface area contributed by atoms with Gasteiger partial charge in [-0.25, -0.2) is 4.68 Å². The molecule has 0 radical (unpaired) electrons. The van der Waals surface area contributed by atoms with Crippen LogP contribution in [0, 0.1) is 10.1 Å². The summed E-state index contributed by atoms with van der Waals surface area (Å²) < 4.78 is 1.62. The van der Waals surface area contributed by atoms with Gasteiger partial charge in [0.1, 0.15) is 5.69 Å². The molecule has 0 N–H and O–H groups in total. The third-order valence-corrected chi connectivity index (χ3v) is 3.98. The lowest BCUT2D eigenvalue weighted by Gasteiger charge is -2.05. The number of aldehydes is 1. The van der Waals surface area contributed by atoms with Crippen molar-refractivity contribution in [1.29, 1.82) is 0 Å². The minimum atomic E-state index is -0.444. The molecule has 8 heteroatoms. The first-order valence-electron chi connectivity index (χ1n) is 6.35. The van der Waals surface area contributed by atoms with E-state index in [4.69, 9.17) is 0 Å². The molecule has 1 aromatic carbocycles. The molecule has 0 fully saturated rings. The van der Waals surface area contributed by atoms with Gasteiger partial charge in [-0.05, 0) is 17.0 Å². The minimum Gasteiger partial charge on any atom is -0.296 e. The highest BCUT2D eigenvalue weighted by Gasteiger charge is 2.16. The molecule has 3 aromatic rings. The van der Waals surface area contributed by atoms with E-state index >= 15 is 0 Å². The lowest BCUT2D eigenvalue weighted by atomic mass is 10.2. The van der Waals surface area contributed by atoms with Crippen molar-refractivity contribution in [3.8, 4) is 10.6 Å². The van der Waals surface area contributed by atoms with E-state index in [2.05, 4.69) is 10.3 Å². The maximum Gasteiger partial charge on any atom is 0.269 e. The van der Waals surface area contributed by atoms with Gasteiger partial charge in [-0.15, -0.1) is 16.4 Å². The Labute approximate surface area is 129 Å². The Morgan fingerprint density at radius 3 is 2.64 bits per heavy atom. The van der Waals surface area contributed by atoms with Crippen LogP contribution >= 0.6 is 11.3 Å². The van der Waals surface area contributed by atoms with Crippen LogP contribution in [-0.4, -0.2) is 26.2 Å². The summed E-state index contributed by atoms with van der Waals surface area (Å²) in [6, 6.07) is 9.99. The van der Waals surface area contributed by atoms with Gasteiger partial charge in [-0.1, -0.05) is 23.4 Å². The molecule has 2 aromatic heterocycles. The molecule has 110 valence electrons. The van der Waals surface area contributed by atoms with Crippen molar-refractivity contribution in [2.75, 3.05) is 0 Å². The third-order valence-electron chi connectivity index (χ3n) is 3.11. The fraction of sp³-hybridized carbons (Fsp3) is 0.0714. The number of non-ortho nitro benzene ring substituents is 1. The van der Waals surface area contributed by atoms with Gasteiger partial charge in [0.05, 0.1) is 16.3 Å². The molecule has 7 nitrogen and oxygen atoms in total. The molecule has 0 aliphatic rings. The highest BCUT2D eigenvalue weighted by Crippen LogP contribution is 2.27. The molecule has 0 spiro atoms. The zero-order valence-corrected chi connectivity index (χ0v) is 12.1. The zero-order chi connectivity index (χ0) is 15.5. The average molecular weight is 314 g/mol. The number of benzene rings is 1. The second-order valence-electron chi connectivity index (χ2n) is 4.50. The van der Waals surface area contributed by atoms with E-state index in [0.29, 0.717) is 18.5 Å². The van der Waals surface area contributed by atoms with E-state index in [9.17, 15) is 14.9 Å². The molecule has 0 saturated carbocycles. The number of hydrogen-bond acceptors (Lipinski definition) is 6. The smallest absolute Gasteiger partial charge is 0.269 e. The van der Waals surface area contributed by atoms with Crippen LogP contribution in [0.3, 0.4) is 0 Å². The molecular formula is C14H10N4O3S. The Hall–Kier alpha value is -2.87. The monoisotopic (exact) mass is 314 g/mol. The van der Waals surface area contributed by atoms with Crippen molar-refractivity contribution >= 4 is 23.3 Å². The predicted molar refractivity (Wildman–Crippen MR) is 80.9 cm³/mol. The Kier molecular flexibility index (Phi) is 3.75. The molecule has 0 atom stereocenters. The van der Waals surface area contributed by atoms with Gasteiger partial charge >= 0.3 is 0 Å². The summed E-state index contributed by atoms with van der Waals surface area (Å²) in [6.07, 6.45) is 0.675. The van der Waals surface area contributed by atoms with Crippen LogP contribution < -0.4 is 0 Å². The number of thiophene rings is 1. The summed E-state index contributed by atoms with van der Waals surface area (Å²) in [7, 11) is 0. The SMILES string of the molecule is O=Cc1nnn(Cc2ccc([N+](=O)[O-])cc2)c1-c1cccs1. The fourth-order valence-corrected chi connectivity index (χ4v) is 2.86. The van der Waals surface area contributed by atoms with Crippen LogP contribution in [0.15, 0.2) is 41.8 Å². The molecule has 3 rings (SSSR count). The summed E-state index contributed by atoms with van der Waals surface area (Å²) in [6.45, 7) is 0.381. The molecule has 0 amide bonds. The van der Waals surface area contributed by atoms with Gasteiger partial charge in [0, 0.05) is 12.1 Å². The topological polar surface area (TPSA) is 90.9 Å². The van der Waals surface area contributed by atoms with Crippen molar-refractivity contribution in [2.24, 2.45) is 0 Å². The number of nitro groups is 1. The summed E-state index contributed by atoms with van der Waals surface area (Å²) in [5.41, 5.74) is 1.81. The maximum atomic E-state index is 11.1. The predicted octanol–water partition coefficient (Wildman–Crippen LogP) is 2.78. The molecule has 0 saturated heterocycles. The van der Waals surface area contributed by atoms with Crippen LogP contribution in [-0.2, 0) is 6.54 Å². The van der Waals surface area contributed by atoms with Crippen LogP contribution in [0.5, 0.6) is 0 Å². The largest absolute Gasteiger partial charge is 0.296 e. The van der Waals surface area contributed by atoms with Crippen LogP contribution in [0.1, 0.15) is 16.1 Å². The van der Waals surface area contributed by atoms with Gasteiger partial charge in [-0.3, -0.25) is 14.9 Å². The van der Waals surface area contributed by atoms with E-state index in [1.807, 2.05) is 17.5 Å². The Balaban J connectivity index is 1.94. The van der Waals surface area contributed by atoms with Crippen molar-refractivity contribution in [1.82, 2.24) is 15.0 Å². The van der Waals surface area contributed by atoms with Crippen LogP contribution in [0.4, 0.5) is 5.69 Å². The molecular weight excluding hydrogens is 304 g/mol. The van der Waals surface area contributed by atoms with Gasteiger partial charge in [0.25, 0.3) is 5.69 Å². The Bertz CT molecular complexity index is 809. The second kappa shape index (κ2) is 5.86. The number of aromatic nitrogens is 3. The van der Waals surface area contributed by atoms with Gasteiger partial charge in [0.15, 0.2) is 12.0 Å². The van der Waals surface area contributed by atoms with E-state index in [1.54, 1.807) is 16.8 Å². The number of hydrogen-bond donors (Lipinski definition) is 0. The van der Waals surface area contributed by atoms with Crippen molar-refractivity contribution in [2.45, 2.75) is 6.54 Å². The van der Waals surface area contributed by atoms with Crippen molar-refractivity contribution < 1.29 is 9.72 Å². The molecule has 0 aliphatic carbocycles. The van der Waals surface area contributed by atoms with Crippen LogP contribution in [0.2, 0.25) is 0 Å². The Morgan fingerprint density at radius 1 is 1.27 bits per heavy atom. The van der Waals surface area contributed by atoms with Gasteiger partial charge in [-0.2, -0.15) is 0 Å². The number of nitro benzene ring substituents is 1. The van der Waals surface area contributed by atoms with Crippen LogP contribution in [0.25, 0.3) is 10.6 Å². The lowest BCUT2D eigenvalue weighted by molar-refractivity contribution is -0.384. The normalized spacial score (nSPS) is 10.5. The van der Waals surface area contributed by atoms with Gasteiger partial charge < -0.3 is 0 Å². The first kappa shape index (κ1) is 14.1. The maximum absolute atomic E-state index is 11.1. The summed E-state index contributed by atoms with van der Waals surface area (Å²) >= 11 is 1.49. The first-order chi connectivity index (χ1) is 10.7. The summed E-state index contributed by atoms with van der Waals surface area (Å²) in [4.78, 5) is 22.2. The van der Waals surface area contributed by atoms with Gasteiger partial charge in [0.2, 0.25) is 0 Å².